The number of aromatic nitrogens is 1. The van der Waals surface area contributed by atoms with E-state index in [-0.39, 0.29) is 36.1 Å². The number of nitrogens with one attached hydrogen (secondary N) is 1. The lowest BCUT2D eigenvalue weighted by Gasteiger charge is -2.19. The Hall–Kier alpha value is -4.65. The SMILES string of the molecule is Cc1ccoc1C(=O)Nc1cccc(-c2cncc(C(=O)N=S(C)(=O)c3ccc(CCC(=O)N(C)CC(O)CO)cc3)c2)c1. The maximum Gasteiger partial charge on any atom is 0.291 e. The molecular formula is C32H34N4O7S. The fraction of sp³-hybridized carbons (Fsp3) is 0.250. The van der Waals surface area contributed by atoms with Gasteiger partial charge < -0.3 is 24.8 Å². The van der Waals surface area contributed by atoms with E-state index < -0.39 is 28.3 Å². The zero-order valence-electron chi connectivity index (χ0n) is 24.6. The Balaban J connectivity index is 1.44. The van der Waals surface area contributed by atoms with Crippen LogP contribution in [-0.2, 0) is 20.9 Å². The van der Waals surface area contributed by atoms with Crippen molar-refractivity contribution in [2.24, 2.45) is 4.36 Å². The van der Waals surface area contributed by atoms with Crippen LogP contribution in [0.5, 0.6) is 0 Å². The summed E-state index contributed by atoms with van der Waals surface area (Å²) < 4.78 is 22.7. The molecule has 2 aromatic heterocycles. The van der Waals surface area contributed by atoms with Gasteiger partial charge in [0, 0.05) is 60.4 Å². The van der Waals surface area contributed by atoms with Crippen LogP contribution in [-0.4, -0.2) is 74.6 Å². The number of anilines is 1. The van der Waals surface area contributed by atoms with Gasteiger partial charge in [-0.2, -0.15) is 4.36 Å². The number of carbonyl (C=O) groups is 3. The average Bonchev–Trinajstić information content (AvgIpc) is 3.45. The van der Waals surface area contributed by atoms with Crippen molar-refractivity contribution >= 4 is 33.1 Å². The lowest BCUT2D eigenvalue weighted by molar-refractivity contribution is -0.131. The second-order valence-corrected chi connectivity index (χ2v) is 12.6. The molecule has 44 heavy (non-hydrogen) atoms. The molecule has 0 aliphatic rings. The van der Waals surface area contributed by atoms with Crippen LogP contribution in [0.3, 0.4) is 0 Å². The molecule has 3 amide bonds. The standard InChI is InChI=1S/C32H34N4O7S/c1-21-13-14-43-30(21)32(41)34-26-6-4-5-23(16-26)24-15-25(18-33-17-24)31(40)35-44(3,42)28-10-7-22(8-11-28)9-12-29(39)36(2)19-27(38)20-37/h4-8,10-11,13-18,27,37-38H,9,12,19-20H2,1-3H3,(H,34,41). The Labute approximate surface area is 255 Å². The second kappa shape index (κ2) is 14.2. The predicted molar refractivity (Wildman–Crippen MR) is 166 cm³/mol. The molecule has 0 saturated heterocycles. The molecule has 0 radical (unpaired) electrons. The number of likely N-dealkylation sites (N-methyl/N-ethyl adjacent to an activating group) is 1. The zero-order valence-corrected chi connectivity index (χ0v) is 25.4. The first-order chi connectivity index (χ1) is 21.0. The number of hydrogen-bond acceptors (Lipinski definition) is 8. The number of benzene rings is 2. The van der Waals surface area contributed by atoms with E-state index in [1.807, 2.05) is 6.07 Å². The van der Waals surface area contributed by atoms with E-state index in [0.717, 1.165) is 5.56 Å². The van der Waals surface area contributed by atoms with E-state index in [0.29, 0.717) is 33.7 Å². The summed E-state index contributed by atoms with van der Waals surface area (Å²) >= 11 is 0. The third kappa shape index (κ3) is 8.25. The third-order valence-corrected chi connectivity index (χ3v) is 8.53. The molecule has 2 aromatic carbocycles. The molecule has 0 aliphatic heterocycles. The minimum atomic E-state index is -3.09. The molecule has 230 valence electrons. The monoisotopic (exact) mass is 618 g/mol. The van der Waals surface area contributed by atoms with Gasteiger partial charge in [-0.15, -0.1) is 0 Å². The van der Waals surface area contributed by atoms with Crippen molar-refractivity contribution < 1.29 is 33.2 Å². The van der Waals surface area contributed by atoms with Crippen LogP contribution < -0.4 is 5.32 Å². The lowest BCUT2D eigenvalue weighted by atomic mass is 10.1. The highest BCUT2D eigenvalue weighted by Gasteiger charge is 2.16. The van der Waals surface area contributed by atoms with E-state index >= 15 is 0 Å². The highest BCUT2D eigenvalue weighted by atomic mass is 32.2. The summed E-state index contributed by atoms with van der Waals surface area (Å²) in [4.78, 5) is 43.8. The Bertz CT molecular complexity index is 1780. The number of aliphatic hydroxyl groups is 2. The van der Waals surface area contributed by atoms with Gasteiger partial charge in [0.1, 0.15) is 0 Å². The normalized spacial score (nSPS) is 13.0. The number of hydrogen-bond donors (Lipinski definition) is 3. The Morgan fingerprint density at radius 1 is 1.07 bits per heavy atom. The molecule has 0 spiro atoms. The van der Waals surface area contributed by atoms with Crippen LogP contribution in [0.15, 0.2) is 93.0 Å². The predicted octanol–water partition coefficient (Wildman–Crippen LogP) is 3.94. The molecule has 4 aromatic rings. The molecular weight excluding hydrogens is 584 g/mol. The van der Waals surface area contributed by atoms with Gasteiger partial charge in [-0.25, -0.2) is 4.21 Å². The average molecular weight is 619 g/mol. The Kier molecular flexibility index (Phi) is 10.4. The highest BCUT2D eigenvalue weighted by molar-refractivity contribution is 7.93. The maximum atomic E-state index is 13.4. The number of rotatable bonds is 11. The van der Waals surface area contributed by atoms with Gasteiger partial charge in [0.2, 0.25) is 5.91 Å². The van der Waals surface area contributed by atoms with Gasteiger partial charge in [0.15, 0.2) is 5.76 Å². The van der Waals surface area contributed by atoms with Crippen molar-refractivity contribution in [2.45, 2.75) is 30.8 Å². The van der Waals surface area contributed by atoms with E-state index in [1.54, 1.807) is 74.8 Å². The molecule has 2 atom stereocenters. The minimum Gasteiger partial charge on any atom is -0.459 e. The molecule has 2 heterocycles. The zero-order chi connectivity index (χ0) is 31.9. The van der Waals surface area contributed by atoms with Crippen LogP contribution in [0, 0.1) is 6.92 Å². The second-order valence-electron chi connectivity index (χ2n) is 10.4. The number of pyridine rings is 1. The van der Waals surface area contributed by atoms with E-state index in [9.17, 15) is 23.7 Å². The van der Waals surface area contributed by atoms with E-state index in [1.165, 1.54) is 23.6 Å². The number of amides is 3. The largest absolute Gasteiger partial charge is 0.459 e. The summed E-state index contributed by atoms with van der Waals surface area (Å²) in [6, 6.07) is 17.1. The van der Waals surface area contributed by atoms with Crippen molar-refractivity contribution in [2.75, 3.05) is 31.8 Å². The number of carbonyl (C=O) groups excluding carboxylic acids is 3. The van der Waals surface area contributed by atoms with E-state index in [2.05, 4.69) is 14.7 Å². The number of aliphatic hydroxyl groups excluding tert-OH is 2. The Morgan fingerprint density at radius 3 is 2.50 bits per heavy atom. The molecule has 12 heteroatoms. The minimum absolute atomic E-state index is 0.0387. The fourth-order valence-corrected chi connectivity index (χ4v) is 5.54. The first-order valence-corrected chi connectivity index (χ1v) is 15.7. The first kappa shape index (κ1) is 32.3. The van der Waals surface area contributed by atoms with Crippen LogP contribution in [0.2, 0.25) is 0 Å². The van der Waals surface area contributed by atoms with Gasteiger partial charge in [-0.3, -0.25) is 19.4 Å². The molecule has 0 aliphatic carbocycles. The number of furan rings is 1. The van der Waals surface area contributed by atoms with Crippen molar-refractivity contribution in [1.82, 2.24) is 9.88 Å². The third-order valence-electron chi connectivity index (χ3n) is 6.87. The summed E-state index contributed by atoms with van der Waals surface area (Å²) in [5, 5.41) is 21.3. The van der Waals surface area contributed by atoms with Gasteiger partial charge in [0.25, 0.3) is 11.8 Å². The molecule has 2 unspecified atom stereocenters. The number of nitrogens with zero attached hydrogens (tertiary/aromatic N) is 3. The van der Waals surface area contributed by atoms with Crippen LogP contribution >= 0.6 is 0 Å². The molecule has 0 fully saturated rings. The van der Waals surface area contributed by atoms with Crippen LogP contribution in [0.4, 0.5) is 5.69 Å². The summed E-state index contributed by atoms with van der Waals surface area (Å²) in [6.45, 7) is 1.39. The summed E-state index contributed by atoms with van der Waals surface area (Å²) in [7, 11) is -1.54. The summed E-state index contributed by atoms with van der Waals surface area (Å²) in [5.41, 5.74) is 3.53. The number of aryl methyl sites for hydroxylation is 2. The van der Waals surface area contributed by atoms with Crippen molar-refractivity contribution in [1.29, 1.82) is 0 Å². The van der Waals surface area contributed by atoms with Gasteiger partial charge in [-0.05, 0) is 60.9 Å². The topological polar surface area (TPSA) is 162 Å². The maximum absolute atomic E-state index is 13.4. The highest BCUT2D eigenvalue weighted by Crippen LogP contribution is 2.24. The molecule has 11 nitrogen and oxygen atoms in total. The summed E-state index contributed by atoms with van der Waals surface area (Å²) in [5.74, 6) is -1.03. The van der Waals surface area contributed by atoms with Crippen LogP contribution in [0.1, 0.15) is 38.5 Å². The first-order valence-electron chi connectivity index (χ1n) is 13.8. The van der Waals surface area contributed by atoms with Crippen molar-refractivity contribution in [3.63, 3.8) is 0 Å². The molecule has 3 N–H and O–H groups in total. The quantitative estimate of drug-likeness (QED) is 0.228. The summed E-state index contributed by atoms with van der Waals surface area (Å²) in [6.07, 6.45) is 5.39. The van der Waals surface area contributed by atoms with Crippen LogP contribution in [0.25, 0.3) is 11.1 Å². The molecule has 0 bridgehead atoms. The van der Waals surface area contributed by atoms with Crippen molar-refractivity contribution in [3.8, 4) is 11.1 Å². The van der Waals surface area contributed by atoms with E-state index in [4.69, 9.17) is 9.52 Å². The van der Waals surface area contributed by atoms with Gasteiger partial charge >= 0.3 is 0 Å². The molecule has 4 rings (SSSR count). The Morgan fingerprint density at radius 2 is 1.82 bits per heavy atom. The van der Waals surface area contributed by atoms with Gasteiger partial charge in [0.05, 0.1) is 34.3 Å². The van der Waals surface area contributed by atoms with Gasteiger partial charge in [-0.1, -0.05) is 24.3 Å². The van der Waals surface area contributed by atoms with Crippen molar-refractivity contribution in [3.05, 3.63) is 102 Å². The lowest BCUT2D eigenvalue weighted by Crippen LogP contribution is -2.35. The fourth-order valence-electron chi connectivity index (χ4n) is 4.37. The molecule has 0 saturated carbocycles. The smallest absolute Gasteiger partial charge is 0.291 e.